The Morgan fingerprint density at radius 1 is 0.910 bits per heavy atom. The van der Waals surface area contributed by atoms with E-state index in [0.29, 0.717) is 36.0 Å². The molecule has 0 spiro atoms. The first-order valence-corrected chi connectivity index (χ1v) is 29.9. The first kappa shape index (κ1) is 58.3. The fourth-order valence-electron chi connectivity index (χ4n) is 10.5. The van der Waals surface area contributed by atoms with Crippen LogP contribution in [-0.4, -0.2) is 150 Å². The number of anilines is 5. The van der Waals surface area contributed by atoms with Gasteiger partial charge in [0.2, 0.25) is 23.7 Å². The van der Waals surface area contributed by atoms with Crippen LogP contribution >= 0.6 is 22.9 Å². The van der Waals surface area contributed by atoms with Crippen LogP contribution in [0.25, 0.3) is 10.4 Å². The number of aliphatic hydroxyl groups excluding tert-OH is 1. The number of sulfone groups is 1. The quantitative estimate of drug-likeness (QED) is 0.0438. The Morgan fingerprint density at radius 2 is 1.64 bits per heavy atom. The molecule has 3 saturated heterocycles. The summed E-state index contributed by atoms with van der Waals surface area (Å²) in [5.41, 5.74) is 6.27. The number of nitrogens with zero attached hydrogens (tertiary/aromatic N) is 7. The number of β-amino-alcohol motifs (C(OH)–C–C–N with tert-alkyl or cyclic N) is 1. The molecule has 78 heavy (non-hydrogen) atoms. The number of aromatic nitrogens is 3. The number of unbranched alkanes of at least 4 members (excludes halogenated alkanes) is 2. The van der Waals surface area contributed by atoms with Gasteiger partial charge in [0, 0.05) is 83.0 Å². The average molecular weight is 1130 g/mol. The zero-order chi connectivity index (χ0) is 55.7. The van der Waals surface area contributed by atoms with E-state index in [1.54, 1.807) is 56.6 Å². The number of likely N-dealkylation sites (tertiary alicyclic amines) is 1. The molecule has 3 fully saturated rings. The van der Waals surface area contributed by atoms with Crippen LogP contribution in [0.5, 0.6) is 5.75 Å². The van der Waals surface area contributed by atoms with Gasteiger partial charge in [0.1, 0.15) is 22.9 Å². The van der Waals surface area contributed by atoms with Crippen molar-refractivity contribution in [1.82, 2.24) is 40.3 Å². The van der Waals surface area contributed by atoms with Crippen LogP contribution in [0, 0.1) is 12.3 Å². The molecule has 5 N–H and O–H groups in total. The first-order valence-electron chi connectivity index (χ1n) is 27.1. The molecule has 3 atom stereocenters. The number of piperidine rings is 1. The number of carbonyl (C=O) groups is 3. The highest BCUT2D eigenvalue weighted by molar-refractivity contribution is 7.92. The third kappa shape index (κ3) is 14.5. The molecule has 3 amide bonds. The van der Waals surface area contributed by atoms with Gasteiger partial charge in [0.25, 0.3) is 0 Å². The van der Waals surface area contributed by atoms with Crippen LogP contribution in [0.3, 0.4) is 0 Å². The summed E-state index contributed by atoms with van der Waals surface area (Å²) in [7, 11) is -1.95. The van der Waals surface area contributed by atoms with Crippen molar-refractivity contribution < 1.29 is 32.6 Å². The molecule has 420 valence electrons. The normalized spacial score (nSPS) is 18.2. The van der Waals surface area contributed by atoms with Gasteiger partial charge in [0.15, 0.2) is 15.7 Å². The number of rotatable bonds is 21. The second-order valence-electron chi connectivity index (χ2n) is 22.0. The number of hydrogen-bond acceptors (Lipinski definition) is 16. The predicted octanol–water partition coefficient (Wildman–Crippen LogP) is 8.20. The molecule has 1 unspecified atom stereocenters. The van der Waals surface area contributed by atoms with Crippen molar-refractivity contribution in [2.24, 2.45) is 5.41 Å². The Kier molecular flexibility index (Phi) is 19.4. The number of benzene rings is 3. The van der Waals surface area contributed by atoms with Crippen LogP contribution in [-0.2, 0) is 30.8 Å². The molecule has 5 heterocycles. The van der Waals surface area contributed by atoms with E-state index in [0.717, 1.165) is 98.9 Å². The van der Waals surface area contributed by atoms with Crippen molar-refractivity contribution in [1.29, 1.82) is 0 Å². The van der Waals surface area contributed by atoms with Crippen LogP contribution in [0.1, 0.15) is 90.8 Å². The molecule has 2 aromatic heterocycles. The van der Waals surface area contributed by atoms with E-state index in [2.05, 4.69) is 57.0 Å². The lowest BCUT2D eigenvalue weighted by Crippen LogP contribution is -2.57. The van der Waals surface area contributed by atoms with Gasteiger partial charge >= 0.3 is 0 Å². The molecule has 3 aliphatic heterocycles. The lowest BCUT2D eigenvalue weighted by Gasteiger charge is -2.43. The van der Waals surface area contributed by atoms with E-state index in [-0.39, 0.29) is 58.9 Å². The molecule has 18 nitrogen and oxygen atoms in total. The zero-order valence-electron chi connectivity index (χ0n) is 45.9. The minimum atomic E-state index is -3.57. The number of hydrogen-bond donors (Lipinski definition) is 5. The number of piperazine rings is 1. The van der Waals surface area contributed by atoms with Crippen molar-refractivity contribution in [2.45, 2.75) is 127 Å². The molecule has 5 aromatic rings. The van der Waals surface area contributed by atoms with Gasteiger partial charge in [-0.15, -0.1) is 11.3 Å². The molecular formula is C57H76ClN11O7S2. The van der Waals surface area contributed by atoms with Crippen LogP contribution < -0.4 is 30.9 Å². The van der Waals surface area contributed by atoms with E-state index < -0.39 is 38.7 Å². The molecule has 3 aromatic carbocycles. The number of carbonyl (C=O) groups excluding carboxylic acids is 3. The number of halogens is 1. The summed E-state index contributed by atoms with van der Waals surface area (Å²) >= 11 is 8.07. The SMILES string of the molecule is COc1cc(N2CCC(N3CCN(CCCCCC(=O)NC(C(=O)N4C[C@H](O)C[C@H]4C(=O)NCc4ccc(-c5scnc5C)cc4)C(C)(C)C)CC3)CC2)ccc1Nc1ncc(Cl)c(Nc2ccccc2S(=O)(=O)C(C)C)n1. The van der Waals surface area contributed by atoms with E-state index in [4.69, 9.17) is 16.3 Å². The summed E-state index contributed by atoms with van der Waals surface area (Å²) in [6.07, 6.45) is 5.77. The molecule has 8 rings (SSSR count). The fraction of sp³-hybridized carbons (Fsp3) is 0.509. The summed E-state index contributed by atoms with van der Waals surface area (Å²) in [6.45, 7) is 18.2. The first-order chi connectivity index (χ1) is 37.3. The minimum absolute atomic E-state index is 0.0309. The second-order valence-corrected chi connectivity index (χ2v) is 25.7. The molecule has 0 bridgehead atoms. The van der Waals surface area contributed by atoms with Crippen molar-refractivity contribution in [3.05, 3.63) is 94.7 Å². The average Bonchev–Trinajstić information content (AvgIpc) is 4.10. The molecule has 0 saturated carbocycles. The van der Waals surface area contributed by atoms with Crippen molar-refractivity contribution >= 4 is 79.3 Å². The largest absolute Gasteiger partial charge is 0.494 e. The van der Waals surface area contributed by atoms with E-state index in [9.17, 15) is 27.9 Å². The highest BCUT2D eigenvalue weighted by atomic mass is 35.5. The maximum atomic E-state index is 14.1. The highest BCUT2D eigenvalue weighted by Crippen LogP contribution is 2.36. The number of aryl methyl sites for hydroxylation is 1. The maximum absolute atomic E-state index is 14.1. The van der Waals surface area contributed by atoms with E-state index >= 15 is 0 Å². The summed E-state index contributed by atoms with van der Waals surface area (Å²) in [5.74, 6) is 0.273. The van der Waals surface area contributed by atoms with Gasteiger partial charge in [-0.05, 0) is 93.8 Å². The monoisotopic (exact) mass is 1130 g/mol. The number of ether oxygens (including phenoxy) is 1. The van der Waals surface area contributed by atoms with E-state index in [1.165, 1.54) is 11.1 Å². The van der Waals surface area contributed by atoms with Gasteiger partial charge in [-0.3, -0.25) is 19.3 Å². The van der Waals surface area contributed by atoms with Gasteiger partial charge in [0.05, 0.1) is 57.0 Å². The Morgan fingerprint density at radius 3 is 2.32 bits per heavy atom. The Labute approximate surface area is 468 Å². The van der Waals surface area contributed by atoms with Crippen molar-refractivity contribution in [2.75, 3.05) is 75.0 Å². The molecule has 0 aliphatic carbocycles. The molecule has 3 aliphatic rings. The van der Waals surface area contributed by atoms with Gasteiger partial charge in [-0.25, -0.2) is 18.4 Å². The van der Waals surface area contributed by atoms with Crippen molar-refractivity contribution in [3.63, 3.8) is 0 Å². The van der Waals surface area contributed by atoms with Crippen LogP contribution in [0.4, 0.5) is 28.8 Å². The second kappa shape index (κ2) is 25.9. The summed E-state index contributed by atoms with van der Waals surface area (Å²) in [5, 5.41) is 22.6. The lowest BCUT2D eigenvalue weighted by molar-refractivity contribution is -0.144. The third-order valence-corrected chi connectivity index (χ3v) is 18.5. The van der Waals surface area contributed by atoms with Gasteiger partial charge in [-0.1, -0.05) is 75.2 Å². The van der Waals surface area contributed by atoms with E-state index in [1.807, 2.05) is 69.6 Å². The molecule has 21 heteroatoms. The number of para-hydroxylation sites is 1. The van der Waals surface area contributed by atoms with Crippen LogP contribution in [0.15, 0.2) is 83.3 Å². The maximum Gasteiger partial charge on any atom is 0.246 e. The Balaban J connectivity index is 0.736. The Hall–Kier alpha value is -5.90. The van der Waals surface area contributed by atoms with Crippen LogP contribution in [0.2, 0.25) is 5.02 Å². The number of thiazole rings is 1. The van der Waals surface area contributed by atoms with Crippen molar-refractivity contribution in [3.8, 4) is 16.2 Å². The molecule has 0 radical (unpaired) electrons. The number of nitrogens with one attached hydrogen (secondary N) is 4. The summed E-state index contributed by atoms with van der Waals surface area (Å²) < 4.78 is 32.0. The standard InChI is InChI=1S/C57H76ClN11O7S2/c1-37(2)78(74,75)49-14-11-10-13-46(49)62-53-44(58)34-60-56(65-53)63-45-21-20-42(31-48(45)76-7)67-25-22-41(23-26-67)68-29-27-66(28-30-68)24-12-8-9-15-50(71)64-52(57(4,5)6)55(73)69-35-43(70)32-47(69)54(72)59-33-39-16-18-40(19-17-39)51-38(3)61-36-77-51/h10-11,13-14,16-21,31,34,36-37,41,43,47,52,70H,8-9,12,15,22-30,32-33,35H2,1-7H3,(H,59,72)(H,64,71)(H2,60,62,63,65)/t43-,47+,52?/m1/s1. The van der Waals surface area contributed by atoms with Gasteiger partial charge < -0.3 is 45.8 Å². The lowest BCUT2D eigenvalue weighted by atomic mass is 9.85. The number of amides is 3. The fourth-order valence-corrected chi connectivity index (χ4v) is 12.6. The van der Waals surface area contributed by atoms with Gasteiger partial charge in [-0.2, -0.15) is 4.98 Å². The highest BCUT2D eigenvalue weighted by Gasteiger charge is 2.44. The topological polar surface area (TPSA) is 215 Å². The number of methoxy groups -OCH3 is 1. The third-order valence-electron chi connectivity index (χ3n) is 15.1. The Bertz CT molecular complexity index is 2970. The summed E-state index contributed by atoms with van der Waals surface area (Å²) in [6, 6.07) is 19.5. The minimum Gasteiger partial charge on any atom is -0.494 e. The number of aliphatic hydroxyl groups is 1. The smallest absolute Gasteiger partial charge is 0.246 e. The molecular weight excluding hydrogens is 1050 g/mol. The predicted molar refractivity (Wildman–Crippen MR) is 309 cm³/mol. The summed E-state index contributed by atoms with van der Waals surface area (Å²) in [4.78, 5) is 64.6. The zero-order valence-corrected chi connectivity index (χ0v) is 48.3.